The SMILES string of the molecule is CCn1c(C)cc(C(=O)CN2CCCC(C)(C)C2)c1C. The average molecular weight is 276 g/mol. The van der Waals surface area contributed by atoms with Crippen molar-refractivity contribution in [2.24, 2.45) is 5.41 Å². The van der Waals surface area contributed by atoms with E-state index in [0.717, 1.165) is 30.9 Å². The molecule has 1 aliphatic rings. The van der Waals surface area contributed by atoms with Crippen molar-refractivity contribution in [2.75, 3.05) is 19.6 Å². The minimum atomic E-state index is 0.274. The van der Waals surface area contributed by atoms with E-state index in [1.807, 2.05) is 0 Å². The molecule has 0 aromatic carbocycles. The highest BCUT2D eigenvalue weighted by atomic mass is 16.1. The largest absolute Gasteiger partial charge is 0.349 e. The first-order valence-corrected chi connectivity index (χ1v) is 7.76. The van der Waals surface area contributed by atoms with Crippen molar-refractivity contribution in [2.45, 2.75) is 54.0 Å². The molecule has 0 unspecified atom stereocenters. The maximum Gasteiger partial charge on any atom is 0.178 e. The van der Waals surface area contributed by atoms with Gasteiger partial charge in [0.05, 0.1) is 6.54 Å². The zero-order chi connectivity index (χ0) is 14.9. The lowest BCUT2D eigenvalue weighted by atomic mass is 9.84. The normalized spacial score (nSPS) is 19.2. The second-order valence-electron chi connectivity index (χ2n) is 6.93. The van der Waals surface area contributed by atoms with Crippen LogP contribution < -0.4 is 0 Å². The molecule has 0 atom stereocenters. The van der Waals surface area contributed by atoms with Crippen molar-refractivity contribution in [3.63, 3.8) is 0 Å². The van der Waals surface area contributed by atoms with Gasteiger partial charge in [-0.05, 0) is 51.6 Å². The van der Waals surface area contributed by atoms with E-state index in [-0.39, 0.29) is 5.78 Å². The third kappa shape index (κ3) is 3.14. The highest BCUT2D eigenvalue weighted by molar-refractivity contribution is 5.99. The van der Waals surface area contributed by atoms with Crippen LogP contribution in [0, 0.1) is 19.3 Å². The van der Waals surface area contributed by atoms with Gasteiger partial charge in [0.1, 0.15) is 0 Å². The third-order valence-electron chi connectivity index (χ3n) is 4.54. The van der Waals surface area contributed by atoms with Gasteiger partial charge < -0.3 is 4.57 Å². The Morgan fingerprint density at radius 2 is 2.05 bits per heavy atom. The fourth-order valence-corrected chi connectivity index (χ4v) is 3.54. The number of hydrogen-bond donors (Lipinski definition) is 0. The second-order valence-corrected chi connectivity index (χ2v) is 6.93. The van der Waals surface area contributed by atoms with Crippen LogP contribution in [-0.2, 0) is 6.54 Å². The summed E-state index contributed by atoms with van der Waals surface area (Å²) in [6, 6.07) is 2.05. The zero-order valence-corrected chi connectivity index (χ0v) is 13.6. The second kappa shape index (κ2) is 5.72. The number of carbonyl (C=O) groups is 1. The third-order valence-corrected chi connectivity index (χ3v) is 4.54. The van der Waals surface area contributed by atoms with Gasteiger partial charge >= 0.3 is 0 Å². The van der Waals surface area contributed by atoms with Crippen LogP contribution in [0.25, 0.3) is 0 Å². The zero-order valence-electron chi connectivity index (χ0n) is 13.6. The molecule has 1 fully saturated rings. The highest BCUT2D eigenvalue weighted by Crippen LogP contribution is 2.28. The number of piperidine rings is 1. The summed E-state index contributed by atoms with van der Waals surface area (Å²) in [6.45, 7) is 14.5. The average Bonchev–Trinajstić information content (AvgIpc) is 2.63. The van der Waals surface area contributed by atoms with Crippen LogP contribution in [0.4, 0.5) is 0 Å². The summed E-state index contributed by atoms with van der Waals surface area (Å²) < 4.78 is 2.22. The van der Waals surface area contributed by atoms with Crippen molar-refractivity contribution >= 4 is 5.78 Å². The van der Waals surface area contributed by atoms with Gasteiger partial charge in [-0.25, -0.2) is 0 Å². The molecule has 1 saturated heterocycles. The van der Waals surface area contributed by atoms with Crippen LogP contribution in [0.15, 0.2) is 6.07 Å². The molecular formula is C17H28N2O. The number of hydrogen-bond acceptors (Lipinski definition) is 2. The maximum absolute atomic E-state index is 12.6. The molecular weight excluding hydrogens is 248 g/mol. The lowest BCUT2D eigenvalue weighted by molar-refractivity contribution is 0.0809. The molecule has 20 heavy (non-hydrogen) atoms. The first kappa shape index (κ1) is 15.3. The minimum absolute atomic E-state index is 0.274. The lowest BCUT2D eigenvalue weighted by Gasteiger charge is -2.37. The van der Waals surface area contributed by atoms with Crippen molar-refractivity contribution < 1.29 is 4.79 Å². The van der Waals surface area contributed by atoms with Crippen LogP contribution in [-0.4, -0.2) is 34.9 Å². The Bertz CT molecular complexity index is 499. The number of nitrogens with zero attached hydrogens (tertiary/aromatic N) is 2. The van der Waals surface area contributed by atoms with Gasteiger partial charge in [-0.2, -0.15) is 0 Å². The Morgan fingerprint density at radius 3 is 2.60 bits per heavy atom. The van der Waals surface area contributed by atoms with E-state index < -0.39 is 0 Å². The van der Waals surface area contributed by atoms with E-state index in [4.69, 9.17) is 0 Å². The monoisotopic (exact) mass is 276 g/mol. The van der Waals surface area contributed by atoms with Crippen LogP contribution in [0.5, 0.6) is 0 Å². The Morgan fingerprint density at radius 1 is 1.35 bits per heavy atom. The van der Waals surface area contributed by atoms with Gasteiger partial charge in [-0.3, -0.25) is 9.69 Å². The molecule has 0 radical (unpaired) electrons. The Kier molecular flexibility index (Phi) is 4.38. The standard InChI is InChI=1S/C17H28N2O/c1-6-19-13(2)10-15(14(19)3)16(20)11-18-9-7-8-17(4,5)12-18/h10H,6-9,11-12H2,1-5H3. The topological polar surface area (TPSA) is 25.2 Å². The minimum Gasteiger partial charge on any atom is -0.349 e. The lowest BCUT2D eigenvalue weighted by Crippen LogP contribution is -2.42. The number of Topliss-reactive ketones (excluding diaryl/α,β-unsaturated/α-hetero) is 1. The van der Waals surface area contributed by atoms with Crippen molar-refractivity contribution in [1.29, 1.82) is 0 Å². The van der Waals surface area contributed by atoms with Crippen LogP contribution in [0.2, 0.25) is 0 Å². The number of aromatic nitrogens is 1. The molecule has 0 amide bonds. The summed E-state index contributed by atoms with van der Waals surface area (Å²) in [6.07, 6.45) is 2.47. The van der Waals surface area contributed by atoms with Gasteiger partial charge in [-0.1, -0.05) is 13.8 Å². The van der Waals surface area contributed by atoms with E-state index in [0.29, 0.717) is 12.0 Å². The molecule has 2 rings (SSSR count). The van der Waals surface area contributed by atoms with Crippen LogP contribution in [0.1, 0.15) is 55.4 Å². The summed E-state index contributed by atoms with van der Waals surface area (Å²) in [4.78, 5) is 14.9. The Labute approximate surface area is 123 Å². The molecule has 0 aliphatic carbocycles. The highest BCUT2D eigenvalue weighted by Gasteiger charge is 2.28. The molecule has 0 spiro atoms. The van der Waals surface area contributed by atoms with Crippen molar-refractivity contribution in [3.8, 4) is 0 Å². The fourth-order valence-electron chi connectivity index (χ4n) is 3.54. The fraction of sp³-hybridized carbons (Fsp3) is 0.706. The Hall–Kier alpha value is -1.09. The molecule has 2 heterocycles. The smallest absolute Gasteiger partial charge is 0.178 e. The van der Waals surface area contributed by atoms with Crippen molar-refractivity contribution in [1.82, 2.24) is 9.47 Å². The Balaban J connectivity index is 2.09. The van der Waals surface area contributed by atoms with E-state index in [1.165, 1.54) is 18.5 Å². The molecule has 1 aromatic heterocycles. The molecule has 3 nitrogen and oxygen atoms in total. The molecule has 1 aromatic rings. The van der Waals surface area contributed by atoms with Gasteiger partial charge in [0.15, 0.2) is 5.78 Å². The van der Waals surface area contributed by atoms with Crippen LogP contribution in [0.3, 0.4) is 0 Å². The summed E-state index contributed by atoms with van der Waals surface area (Å²) in [5.41, 5.74) is 3.56. The summed E-state index contributed by atoms with van der Waals surface area (Å²) >= 11 is 0. The number of carbonyl (C=O) groups excluding carboxylic acids is 1. The summed E-state index contributed by atoms with van der Waals surface area (Å²) in [7, 11) is 0. The van der Waals surface area contributed by atoms with E-state index in [1.54, 1.807) is 0 Å². The van der Waals surface area contributed by atoms with Gasteiger partial charge in [0, 0.05) is 30.0 Å². The van der Waals surface area contributed by atoms with E-state index in [2.05, 4.69) is 50.2 Å². The molecule has 0 bridgehead atoms. The number of ketones is 1. The van der Waals surface area contributed by atoms with Gasteiger partial charge in [0.25, 0.3) is 0 Å². The summed E-state index contributed by atoms with van der Waals surface area (Å²) in [5, 5.41) is 0. The molecule has 0 N–H and O–H groups in total. The molecule has 112 valence electrons. The van der Waals surface area contributed by atoms with Crippen LogP contribution >= 0.6 is 0 Å². The van der Waals surface area contributed by atoms with Crippen molar-refractivity contribution in [3.05, 3.63) is 23.0 Å². The maximum atomic E-state index is 12.6. The molecule has 3 heteroatoms. The first-order valence-electron chi connectivity index (χ1n) is 7.76. The van der Waals surface area contributed by atoms with E-state index >= 15 is 0 Å². The number of likely N-dealkylation sites (tertiary alicyclic amines) is 1. The van der Waals surface area contributed by atoms with Gasteiger partial charge in [0.2, 0.25) is 0 Å². The number of rotatable bonds is 4. The predicted molar refractivity (Wildman–Crippen MR) is 83.4 cm³/mol. The first-order chi connectivity index (χ1) is 9.34. The molecule has 1 aliphatic heterocycles. The van der Waals surface area contributed by atoms with E-state index in [9.17, 15) is 4.79 Å². The predicted octanol–water partition coefficient (Wildman–Crippen LogP) is 3.43. The van der Waals surface area contributed by atoms with Gasteiger partial charge in [-0.15, -0.1) is 0 Å². The molecule has 0 saturated carbocycles. The number of aryl methyl sites for hydroxylation is 1. The summed E-state index contributed by atoms with van der Waals surface area (Å²) in [5.74, 6) is 0.274. The quantitative estimate of drug-likeness (QED) is 0.787.